The van der Waals surface area contributed by atoms with E-state index in [-0.39, 0.29) is 22.5 Å². The third-order valence-corrected chi connectivity index (χ3v) is 6.66. The van der Waals surface area contributed by atoms with Crippen LogP contribution >= 0.6 is 0 Å². The van der Waals surface area contributed by atoms with Crippen LogP contribution in [0.1, 0.15) is 41.4 Å². The number of allylic oxidation sites excluding steroid dienone is 2. The van der Waals surface area contributed by atoms with E-state index in [1.54, 1.807) is 121 Å². The number of anilines is 2. The Balaban J connectivity index is 1.62. The van der Waals surface area contributed by atoms with Crippen LogP contribution in [-0.4, -0.2) is 23.4 Å². The van der Waals surface area contributed by atoms with Crippen molar-refractivity contribution in [1.82, 2.24) is 0 Å². The van der Waals surface area contributed by atoms with Gasteiger partial charge in [-0.1, -0.05) is 24.3 Å². The van der Waals surface area contributed by atoms with Crippen molar-refractivity contribution in [3.05, 3.63) is 131 Å². The second-order valence-electron chi connectivity index (χ2n) is 9.19. The molecule has 0 radical (unpaired) electrons. The third-order valence-electron chi connectivity index (χ3n) is 6.66. The van der Waals surface area contributed by atoms with Gasteiger partial charge in [0.2, 0.25) is 11.6 Å². The Bertz CT molecular complexity index is 1610. The smallest absolute Gasteiger partial charge is 0.269 e. The van der Waals surface area contributed by atoms with Crippen molar-refractivity contribution in [2.24, 2.45) is 14.1 Å². The predicted molar refractivity (Wildman–Crippen MR) is 137 cm³/mol. The molecule has 0 spiro atoms. The molecule has 6 rings (SSSR count). The zero-order chi connectivity index (χ0) is 26.6. The fourth-order valence-electron chi connectivity index (χ4n) is 4.96. The van der Waals surface area contributed by atoms with Crippen molar-refractivity contribution in [1.29, 1.82) is 0 Å². The number of ketones is 2. The summed E-state index contributed by atoms with van der Waals surface area (Å²) in [5, 5.41) is 0. The fraction of sp³-hybridized carbons (Fsp3) is 0.0667. The largest absolute Gasteiger partial charge is 0.287 e. The highest BCUT2D eigenvalue weighted by molar-refractivity contribution is 6.35. The minimum absolute atomic E-state index is 0.141. The van der Waals surface area contributed by atoms with Crippen LogP contribution in [0, 0.1) is 0 Å². The van der Waals surface area contributed by atoms with E-state index >= 15 is 0 Å². The maximum atomic E-state index is 14.0. The van der Waals surface area contributed by atoms with Crippen LogP contribution in [0.2, 0.25) is 0 Å². The lowest BCUT2D eigenvalue weighted by Gasteiger charge is -2.24. The number of aromatic nitrogens is 2. The standard InChI is InChI=1S/C30H22N4O4/c1-31-15-7-9-19(17-31)29(37)33-23-13-5-3-11-21(23)27(35)25(33)26-28(36)22-12-4-6-14-24(22)34(26)30(38)20-10-8-16-32(2)18-20/h3-18H,1-2H3/q+2/b26-25+. The molecule has 8 heteroatoms. The molecule has 8 nitrogen and oxygen atoms in total. The number of fused-ring (bicyclic) bond motifs is 2. The van der Waals surface area contributed by atoms with Gasteiger partial charge in [0, 0.05) is 23.3 Å². The molecular weight excluding hydrogens is 480 g/mol. The van der Waals surface area contributed by atoms with Gasteiger partial charge in [-0.2, -0.15) is 0 Å². The Kier molecular flexibility index (Phi) is 5.31. The molecule has 2 aliphatic heterocycles. The van der Waals surface area contributed by atoms with E-state index in [9.17, 15) is 19.2 Å². The number of amides is 2. The molecular formula is C30H22N4O4+2. The van der Waals surface area contributed by atoms with Gasteiger partial charge in [-0.05, 0) is 36.4 Å². The van der Waals surface area contributed by atoms with Gasteiger partial charge in [-0.15, -0.1) is 0 Å². The highest BCUT2D eigenvalue weighted by Crippen LogP contribution is 2.43. The van der Waals surface area contributed by atoms with E-state index in [0.717, 1.165) is 0 Å². The Morgan fingerprint density at radius 2 is 0.974 bits per heavy atom. The number of rotatable bonds is 2. The van der Waals surface area contributed by atoms with E-state index in [0.29, 0.717) is 22.5 Å². The van der Waals surface area contributed by atoms with Gasteiger partial charge in [0.25, 0.3) is 11.8 Å². The minimum Gasteiger partial charge on any atom is -0.287 e. The molecule has 0 aliphatic carbocycles. The van der Waals surface area contributed by atoms with Gasteiger partial charge in [-0.3, -0.25) is 29.0 Å². The molecule has 0 fully saturated rings. The van der Waals surface area contributed by atoms with Crippen molar-refractivity contribution in [3.63, 3.8) is 0 Å². The van der Waals surface area contributed by atoms with Crippen molar-refractivity contribution in [2.45, 2.75) is 0 Å². The van der Waals surface area contributed by atoms with Gasteiger partial charge in [-0.25, -0.2) is 9.13 Å². The second kappa shape index (κ2) is 8.70. The van der Waals surface area contributed by atoms with Crippen LogP contribution in [0.5, 0.6) is 0 Å². The number of pyridine rings is 2. The van der Waals surface area contributed by atoms with Crippen LogP contribution in [0.25, 0.3) is 0 Å². The second-order valence-corrected chi connectivity index (χ2v) is 9.19. The van der Waals surface area contributed by atoms with Crippen molar-refractivity contribution >= 4 is 34.8 Å². The molecule has 0 saturated carbocycles. The molecule has 2 aromatic carbocycles. The lowest BCUT2D eigenvalue weighted by Crippen LogP contribution is -2.38. The molecule has 38 heavy (non-hydrogen) atoms. The first-order chi connectivity index (χ1) is 18.4. The Labute approximate surface area is 218 Å². The number of Topliss-reactive ketones (excluding diaryl/α,β-unsaturated/α-hetero) is 2. The number of carbonyl (C=O) groups is 4. The van der Waals surface area contributed by atoms with E-state index in [1.165, 1.54) is 9.80 Å². The lowest BCUT2D eigenvalue weighted by molar-refractivity contribution is -0.671. The van der Waals surface area contributed by atoms with Gasteiger partial charge in [0.05, 0.1) is 11.4 Å². The molecule has 0 unspecified atom stereocenters. The number of para-hydroxylation sites is 2. The molecule has 2 aliphatic rings. The zero-order valence-corrected chi connectivity index (χ0v) is 20.7. The van der Waals surface area contributed by atoms with Gasteiger partial charge >= 0.3 is 0 Å². The number of hydrogen-bond donors (Lipinski definition) is 0. The lowest BCUT2D eigenvalue weighted by atomic mass is 10.1. The quantitative estimate of drug-likeness (QED) is 0.312. The average Bonchev–Trinajstić information content (AvgIpc) is 3.38. The molecule has 0 bridgehead atoms. The number of nitrogens with zero attached hydrogens (tertiary/aromatic N) is 4. The molecule has 2 aromatic heterocycles. The van der Waals surface area contributed by atoms with E-state index in [1.807, 2.05) is 0 Å². The zero-order valence-electron chi connectivity index (χ0n) is 20.7. The van der Waals surface area contributed by atoms with Gasteiger partial charge < -0.3 is 0 Å². The summed E-state index contributed by atoms with van der Waals surface area (Å²) in [5.41, 5.74) is 1.66. The molecule has 0 N–H and O–H groups in total. The molecule has 0 atom stereocenters. The SMILES string of the molecule is C[n+]1cccc(C(=O)N2/C(=C3\C(=O)c4ccccc4N3C(=O)c3ccc[n+](C)c3)C(=O)c3ccccc32)c1. The highest BCUT2D eigenvalue weighted by atomic mass is 16.2. The summed E-state index contributed by atoms with van der Waals surface area (Å²) in [6.45, 7) is 0. The Morgan fingerprint density at radius 3 is 1.37 bits per heavy atom. The van der Waals surface area contributed by atoms with Crippen LogP contribution in [-0.2, 0) is 14.1 Å². The minimum atomic E-state index is -0.498. The van der Waals surface area contributed by atoms with E-state index < -0.39 is 23.4 Å². The molecule has 4 heterocycles. The number of carbonyl (C=O) groups excluding carboxylic acids is 4. The first-order valence-electron chi connectivity index (χ1n) is 12.0. The van der Waals surface area contributed by atoms with Crippen molar-refractivity contribution in [3.8, 4) is 0 Å². The van der Waals surface area contributed by atoms with Crippen LogP contribution in [0.3, 0.4) is 0 Å². The molecule has 184 valence electrons. The highest BCUT2D eigenvalue weighted by Gasteiger charge is 2.47. The van der Waals surface area contributed by atoms with Crippen LogP contribution in [0.4, 0.5) is 11.4 Å². The number of benzene rings is 2. The van der Waals surface area contributed by atoms with Crippen molar-refractivity contribution in [2.75, 3.05) is 9.80 Å². The summed E-state index contributed by atoms with van der Waals surface area (Å²) in [6, 6.07) is 20.2. The summed E-state index contributed by atoms with van der Waals surface area (Å²) in [6.07, 6.45) is 6.87. The summed E-state index contributed by atoms with van der Waals surface area (Å²) in [7, 11) is 3.58. The topological polar surface area (TPSA) is 82.5 Å². The van der Waals surface area contributed by atoms with Crippen LogP contribution in [0.15, 0.2) is 109 Å². The predicted octanol–water partition coefficient (Wildman–Crippen LogP) is 2.93. The van der Waals surface area contributed by atoms with Gasteiger partial charge in [0.1, 0.15) is 36.6 Å². The van der Waals surface area contributed by atoms with E-state index in [4.69, 9.17) is 0 Å². The summed E-state index contributed by atoms with van der Waals surface area (Å²) < 4.78 is 3.46. The summed E-state index contributed by atoms with van der Waals surface area (Å²) in [5.74, 6) is -1.96. The molecule has 4 aromatic rings. The normalized spacial score (nSPS) is 16.1. The average molecular weight is 503 g/mol. The first kappa shape index (κ1) is 23.2. The number of aryl methyl sites for hydroxylation is 2. The van der Waals surface area contributed by atoms with Gasteiger partial charge in [0.15, 0.2) is 24.8 Å². The Morgan fingerprint density at radius 1 is 0.579 bits per heavy atom. The first-order valence-corrected chi connectivity index (χ1v) is 12.0. The maximum absolute atomic E-state index is 14.0. The monoisotopic (exact) mass is 502 g/mol. The van der Waals surface area contributed by atoms with Crippen molar-refractivity contribution < 1.29 is 28.3 Å². The maximum Gasteiger partial charge on any atom is 0.269 e. The fourth-order valence-corrected chi connectivity index (χ4v) is 4.96. The third kappa shape index (κ3) is 3.46. The summed E-state index contributed by atoms with van der Waals surface area (Å²) in [4.78, 5) is 58.2. The summed E-state index contributed by atoms with van der Waals surface area (Å²) >= 11 is 0. The molecule has 0 saturated heterocycles. The molecule has 2 amide bonds. The number of hydrogen-bond acceptors (Lipinski definition) is 4. The van der Waals surface area contributed by atoms with E-state index in [2.05, 4.69) is 0 Å². The van der Waals surface area contributed by atoms with Crippen LogP contribution < -0.4 is 18.9 Å². The Hall–Kier alpha value is -5.24.